The third-order valence-corrected chi connectivity index (χ3v) is 4.24. The van der Waals surface area contributed by atoms with Crippen LogP contribution in [0.25, 0.3) is 0 Å². The van der Waals surface area contributed by atoms with Crippen LogP contribution in [0.2, 0.25) is 10.0 Å². The van der Waals surface area contributed by atoms with Gasteiger partial charge in [0.15, 0.2) is 0 Å². The predicted molar refractivity (Wildman–Crippen MR) is 84.4 cm³/mol. The molecule has 2 aromatic carbocycles. The first-order chi connectivity index (χ1) is 10.1. The molecular weight excluding hydrogens is 309 g/mol. The van der Waals surface area contributed by atoms with Crippen molar-refractivity contribution >= 4 is 23.2 Å². The summed E-state index contributed by atoms with van der Waals surface area (Å²) < 4.78 is 11.3. The lowest BCUT2D eigenvalue weighted by Gasteiger charge is -2.31. The summed E-state index contributed by atoms with van der Waals surface area (Å²) in [7, 11) is 1.62. The van der Waals surface area contributed by atoms with E-state index in [1.807, 2.05) is 24.3 Å². The molecular formula is C16H15Cl2NO2. The molecule has 0 amide bonds. The lowest BCUT2D eigenvalue weighted by molar-refractivity contribution is 0.161. The number of fused-ring (bicyclic) bond motifs is 1. The molecule has 0 aromatic heterocycles. The minimum absolute atomic E-state index is 0.111. The smallest absolute Gasteiger partial charge is 0.128 e. The van der Waals surface area contributed by atoms with Crippen LogP contribution in [0.3, 0.4) is 0 Å². The quantitative estimate of drug-likeness (QED) is 0.883. The van der Waals surface area contributed by atoms with Crippen LogP contribution >= 0.6 is 23.2 Å². The molecule has 110 valence electrons. The molecule has 1 aliphatic heterocycles. The molecule has 0 saturated heterocycles. The van der Waals surface area contributed by atoms with Crippen molar-refractivity contribution < 1.29 is 9.47 Å². The molecule has 0 fully saturated rings. The first kappa shape index (κ1) is 14.5. The fourth-order valence-corrected chi connectivity index (χ4v) is 2.98. The molecule has 0 radical (unpaired) electrons. The highest BCUT2D eigenvalue weighted by Gasteiger charge is 2.28. The van der Waals surface area contributed by atoms with Gasteiger partial charge in [0.05, 0.1) is 7.11 Å². The van der Waals surface area contributed by atoms with Gasteiger partial charge in [0.2, 0.25) is 0 Å². The Morgan fingerprint density at radius 1 is 1.14 bits per heavy atom. The summed E-state index contributed by atoms with van der Waals surface area (Å²) in [6, 6.07) is 10.9. The SMILES string of the molecule is COc1ccc2c(c1)OC(c1cc(Cl)ccc1Cl)C[C@H]2N. The van der Waals surface area contributed by atoms with Crippen LogP contribution < -0.4 is 15.2 Å². The van der Waals surface area contributed by atoms with Crippen LogP contribution in [0, 0.1) is 0 Å². The van der Waals surface area contributed by atoms with E-state index in [0.717, 1.165) is 22.6 Å². The summed E-state index contributed by atoms with van der Waals surface area (Å²) in [5.41, 5.74) is 8.09. The Labute approximate surface area is 133 Å². The summed E-state index contributed by atoms with van der Waals surface area (Å²) in [5, 5.41) is 1.26. The van der Waals surface area contributed by atoms with Gasteiger partial charge in [0, 0.05) is 39.7 Å². The summed E-state index contributed by atoms with van der Waals surface area (Å²) in [6.45, 7) is 0. The van der Waals surface area contributed by atoms with E-state index in [1.54, 1.807) is 19.2 Å². The maximum Gasteiger partial charge on any atom is 0.128 e. The van der Waals surface area contributed by atoms with Crippen LogP contribution in [0.1, 0.15) is 29.7 Å². The van der Waals surface area contributed by atoms with E-state index < -0.39 is 0 Å². The van der Waals surface area contributed by atoms with Gasteiger partial charge in [-0.25, -0.2) is 0 Å². The number of rotatable bonds is 2. The molecule has 1 heterocycles. The van der Waals surface area contributed by atoms with Crippen molar-refractivity contribution in [2.45, 2.75) is 18.6 Å². The monoisotopic (exact) mass is 323 g/mol. The third kappa shape index (κ3) is 2.82. The largest absolute Gasteiger partial charge is 0.497 e. The average Bonchev–Trinajstić information content (AvgIpc) is 2.49. The van der Waals surface area contributed by atoms with Gasteiger partial charge < -0.3 is 15.2 Å². The highest BCUT2D eigenvalue weighted by Crippen LogP contribution is 2.43. The number of benzene rings is 2. The van der Waals surface area contributed by atoms with Crippen molar-refractivity contribution in [1.82, 2.24) is 0 Å². The third-order valence-electron chi connectivity index (χ3n) is 3.66. The average molecular weight is 324 g/mol. The Morgan fingerprint density at radius 2 is 1.95 bits per heavy atom. The van der Waals surface area contributed by atoms with Gasteiger partial charge in [-0.2, -0.15) is 0 Å². The molecule has 2 atom stereocenters. The second-order valence-electron chi connectivity index (χ2n) is 5.02. The van der Waals surface area contributed by atoms with Crippen LogP contribution in [0.4, 0.5) is 0 Å². The Hall–Kier alpha value is -1.42. The first-order valence-electron chi connectivity index (χ1n) is 6.63. The normalized spacial score (nSPS) is 20.6. The zero-order valence-corrected chi connectivity index (χ0v) is 13.0. The molecule has 0 spiro atoms. The molecule has 5 heteroatoms. The van der Waals surface area contributed by atoms with Crippen molar-refractivity contribution in [3.8, 4) is 11.5 Å². The first-order valence-corrected chi connectivity index (χ1v) is 7.39. The van der Waals surface area contributed by atoms with E-state index in [-0.39, 0.29) is 12.1 Å². The van der Waals surface area contributed by atoms with E-state index in [1.165, 1.54) is 0 Å². The van der Waals surface area contributed by atoms with Crippen molar-refractivity contribution in [1.29, 1.82) is 0 Å². The van der Waals surface area contributed by atoms with Crippen LogP contribution in [-0.2, 0) is 0 Å². The Kier molecular flexibility index (Phi) is 3.98. The highest BCUT2D eigenvalue weighted by molar-refractivity contribution is 6.33. The van der Waals surface area contributed by atoms with Crippen LogP contribution in [0.5, 0.6) is 11.5 Å². The minimum atomic E-state index is -0.217. The molecule has 1 aliphatic rings. The molecule has 2 N–H and O–H groups in total. The summed E-state index contributed by atoms with van der Waals surface area (Å²) in [5.74, 6) is 1.47. The number of methoxy groups -OCH3 is 1. The minimum Gasteiger partial charge on any atom is -0.497 e. The van der Waals surface area contributed by atoms with E-state index in [9.17, 15) is 0 Å². The second kappa shape index (κ2) is 5.76. The Bertz CT molecular complexity index is 675. The summed E-state index contributed by atoms with van der Waals surface area (Å²) in [4.78, 5) is 0. The number of halogens is 2. The number of nitrogens with two attached hydrogens (primary N) is 1. The molecule has 1 unspecified atom stereocenters. The summed E-state index contributed by atoms with van der Waals surface area (Å²) in [6.07, 6.45) is 0.435. The highest BCUT2D eigenvalue weighted by atomic mass is 35.5. The standard InChI is InChI=1S/C16H15Cl2NO2/c1-20-10-3-4-11-14(19)8-16(21-15(11)7-10)12-6-9(17)2-5-13(12)18/h2-7,14,16H,8,19H2,1H3/t14-,16?/m1/s1. The Morgan fingerprint density at radius 3 is 2.71 bits per heavy atom. The van der Waals surface area contributed by atoms with Crippen LogP contribution in [0.15, 0.2) is 36.4 Å². The van der Waals surface area contributed by atoms with Crippen molar-refractivity contribution in [3.63, 3.8) is 0 Å². The van der Waals surface area contributed by atoms with Gasteiger partial charge in [-0.1, -0.05) is 29.3 Å². The van der Waals surface area contributed by atoms with Gasteiger partial charge >= 0.3 is 0 Å². The molecule has 3 nitrogen and oxygen atoms in total. The second-order valence-corrected chi connectivity index (χ2v) is 5.86. The maximum atomic E-state index is 6.26. The molecule has 2 aromatic rings. The molecule has 0 bridgehead atoms. The van der Waals surface area contributed by atoms with Crippen molar-refractivity contribution in [2.24, 2.45) is 5.73 Å². The Balaban J connectivity index is 1.98. The topological polar surface area (TPSA) is 44.5 Å². The van der Waals surface area contributed by atoms with Gasteiger partial charge in [0.1, 0.15) is 17.6 Å². The molecule has 0 saturated carbocycles. The number of hydrogen-bond donors (Lipinski definition) is 1. The van der Waals surface area contributed by atoms with E-state index in [2.05, 4.69) is 0 Å². The van der Waals surface area contributed by atoms with Crippen molar-refractivity contribution in [2.75, 3.05) is 7.11 Å². The fourth-order valence-electron chi connectivity index (χ4n) is 2.56. The van der Waals surface area contributed by atoms with E-state index in [4.69, 9.17) is 38.4 Å². The lowest BCUT2D eigenvalue weighted by atomic mass is 9.93. The van der Waals surface area contributed by atoms with E-state index >= 15 is 0 Å². The van der Waals surface area contributed by atoms with E-state index in [0.29, 0.717) is 16.5 Å². The van der Waals surface area contributed by atoms with Gasteiger partial charge in [-0.3, -0.25) is 0 Å². The molecule has 21 heavy (non-hydrogen) atoms. The number of hydrogen-bond acceptors (Lipinski definition) is 3. The zero-order valence-electron chi connectivity index (χ0n) is 11.5. The predicted octanol–water partition coefficient (Wildman–Crippen LogP) is 4.53. The molecule has 0 aliphatic carbocycles. The number of ether oxygens (including phenoxy) is 2. The lowest BCUT2D eigenvalue weighted by Crippen LogP contribution is -2.24. The maximum absolute atomic E-state index is 6.26. The zero-order chi connectivity index (χ0) is 15.0. The summed E-state index contributed by atoms with van der Waals surface area (Å²) >= 11 is 12.3. The fraction of sp³-hybridized carbons (Fsp3) is 0.250. The van der Waals surface area contributed by atoms with Crippen molar-refractivity contribution in [3.05, 3.63) is 57.6 Å². The van der Waals surface area contributed by atoms with Gasteiger partial charge in [-0.05, 0) is 24.3 Å². The molecule has 3 rings (SSSR count). The van der Waals surface area contributed by atoms with Crippen LogP contribution in [-0.4, -0.2) is 7.11 Å². The van der Waals surface area contributed by atoms with Gasteiger partial charge in [0.25, 0.3) is 0 Å². The van der Waals surface area contributed by atoms with Gasteiger partial charge in [-0.15, -0.1) is 0 Å².